The molecule has 3 N–H and O–H groups in total. The highest BCUT2D eigenvalue weighted by molar-refractivity contribution is 5.82. The third kappa shape index (κ3) is 3.44. The lowest BCUT2D eigenvalue weighted by molar-refractivity contribution is -0.129. The van der Waals surface area contributed by atoms with Crippen LogP contribution in [0.4, 0.5) is 0 Å². The van der Waals surface area contributed by atoms with Gasteiger partial charge in [0.25, 0.3) is 0 Å². The molecule has 0 radical (unpaired) electrons. The minimum atomic E-state index is -0.628. The summed E-state index contributed by atoms with van der Waals surface area (Å²) in [5, 5.41) is 15.3. The van der Waals surface area contributed by atoms with Gasteiger partial charge in [-0.15, -0.1) is 0 Å². The van der Waals surface area contributed by atoms with Gasteiger partial charge in [-0.25, -0.2) is 0 Å². The summed E-state index contributed by atoms with van der Waals surface area (Å²) in [5.74, 6) is 0.00246. The van der Waals surface area contributed by atoms with E-state index in [0.717, 1.165) is 13.0 Å². The van der Waals surface area contributed by atoms with Crippen molar-refractivity contribution < 1.29 is 14.6 Å². The van der Waals surface area contributed by atoms with Crippen LogP contribution in [0.25, 0.3) is 0 Å². The number of hydrogen-bond donors (Lipinski definition) is 3. The summed E-state index contributed by atoms with van der Waals surface area (Å²) in [7, 11) is 1.52. The topological polar surface area (TPSA) is 70.6 Å². The van der Waals surface area contributed by atoms with Crippen molar-refractivity contribution in [3.63, 3.8) is 0 Å². The molecule has 1 rings (SSSR count). The van der Waals surface area contributed by atoms with Crippen LogP contribution in [0.1, 0.15) is 13.3 Å². The van der Waals surface area contributed by atoms with Crippen LogP contribution in [0.15, 0.2) is 0 Å². The van der Waals surface area contributed by atoms with Gasteiger partial charge in [-0.05, 0) is 19.9 Å². The van der Waals surface area contributed by atoms with Crippen molar-refractivity contribution in [1.29, 1.82) is 0 Å². The number of rotatable bonds is 5. The fourth-order valence-electron chi connectivity index (χ4n) is 1.69. The van der Waals surface area contributed by atoms with Gasteiger partial charge in [0.2, 0.25) is 5.91 Å². The van der Waals surface area contributed by atoms with Gasteiger partial charge in [0.05, 0.1) is 18.1 Å². The maximum Gasteiger partial charge on any atom is 0.227 e. The molecule has 0 aliphatic carbocycles. The minimum Gasteiger partial charge on any atom is -0.389 e. The Labute approximate surface area is 90.2 Å². The lowest BCUT2D eigenvalue weighted by Gasteiger charge is -2.22. The number of methoxy groups -OCH3 is 1. The second-order valence-electron chi connectivity index (χ2n) is 4.31. The van der Waals surface area contributed by atoms with Gasteiger partial charge in [-0.2, -0.15) is 0 Å². The highest BCUT2D eigenvalue weighted by atomic mass is 16.5. The SMILES string of the molecule is COCC(O)CNC(=O)C1(C)CCNC1. The zero-order valence-electron chi connectivity index (χ0n) is 9.38. The van der Waals surface area contributed by atoms with Crippen LogP contribution in [-0.4, -0.2) is 50.5 Å². The van der Waals surface area contributed by atoms with Crippen LogP contribution >= 0.6 is 0 Å². The fourth-order valence-corrected chi connectivity index (χ4v) is 1.69. The first kappa shape index (κ1) is 12.4. The predicted molar refractivity (Wildman–Crippen MR) is 56.5 cm³/mol. The Balaban J connectivity index is 2.29. The van der Waals surface area contributed by atoms with Crippen molar-refractivity contribution in [2.75, 3.05) is 33.4 Å². The molecule has 0 saturated carbocycles. The molecule has 0 aromatic rings. The molecule has 1 heterocycles. The molecule has 1 aliphatic heterocycles. The average Bonchev–Trinajstić information content (AvgIpc) is 2.63. The molecule has 1 saturated heterocycles. The average molecular weight is 216 g/mol. The van der Waals surface area contributed by atoms with Crippen molar-refractivity contribution in [1.82, 2.24) is 10.6 Å². The molecule has 88 valence electrons. The number of hydrogen-bond acceptors (Lipinski definition) is 4. The van der Waals surface area contributed by atoms with Gasteiger partial charge in [-0.3, -0.25) is 4.79 Å². The summed E-state index contributed by atoms with van der Waals surface area (Å²) in [6.45, 7) is 4.02. The quantitative estimate of drug-likeness (QED) is 0.557. The van der Waals surface area contributed by atoms with Gasteiger partial charge in [0.1, 0.15) is 0 Å². The molecule has 0 aromatic heterocycles. The first-order valence-electron chi connectivity index (χ1n) is 5.24. The van der Waals surface area contributed by atoms with E-state index in [4.69, 9.17) is 4.74 Å². The number of ether oxygens (including phenoxy) is 1. The maximum atomic E-state index is 11.8. The number of nitrogens with one attached hydrogen (secondary N) is 2. The van der Waals surface area contributed by atoms with E-state index in [0.29, 0.717) is 6.54 Å². The van der Waals surface area contributed by atoms with E-state index < -0.39 is 6.10 Å². The Hall–Kier alpha value is -0.650. The van der Waals surface area contributed by atoms with E-state index >= 15 is 0 Å². The second kappa shape index (κ2) is 5.44. The van der Waals surface area contributed by atoms with Crippen molar-refractivity contribution in [2.24, 2.45) is 5.41 Å². The molecule has 5 heteroatoms. The van der Waals surface area contributed by atoms with Crippen LogP contribution < -0.4 is 10.6 Å². The molecule has 2 atom stereocenters. The Bertz CT molecular complexity index is 215. The summed E-state index contributed by atoms with van der Waals surface area (Å²) in [5.41, 5.74) is -0.327. The second-order valence-corrected chi connectivity index (χ2v) is 4.31. The molecule has 0 spiro atoms. The number of aliphatic hydroxyl groups excluding tert-OH is 1. The first-order chi connectivity index (χ1) is 7.08. The Morgan fingerprint density at radius 3 is 3.00 bits per heavy atom. The molecule has 5 nitrogen and oxygen atoms in total. The smallest absolute Gasteiger partial charge is 0.227 e. The van der Waals surface area contributed by atoms with Gasteiger partial charge >= 0.3 is 0 Å². The van der Waals surface area contributed by atoms with Crippen molar-refractivity contribution in [2.45, 2.75) is 19.4 Å². The van der Waals surface area contributed by atoms with Crippen LogP contribution in [-0.2, 0) is 9.53 Å². The number of amides is 1. The highest BCUT2D eigenvalue weighted by Crippen LogP contribution is 2.24. The zero-order valence-corrected chi connectivity index (χ0v) is 9.38. The summed E-state index contributed by atoms with van der Waals surface area (Å²) in [4.78, 5) is 11.8. The fraction of sp³-hybridized carbons (Fsp3) is 0.900. The van der Waals surface area contributed by atoms with Crippen molar-refractivity contribution in [3.05, 3.63) is 0 Å². The summed E-state index contributed by atoms with van der Waals surface area (Å²) in [6, 6.07) is 0. The van der Waals surface area contributed by atoms with Crippen LogP contribution in [0.2, 0.25) is 0 Å². The van der Waals surface area contributed by atoms with Gasteiger partial charge < -0.3 is 20.5 Å². The van der Waals surface area contributed by atoms with E-state index in [9.17, 15) is 9.90 Å². The first-order valence-corrected chi connectivity index (χ1v) is 5.24. The molecule has 1 aliphatic rings. The predicted octanol–water partition coefficient (Wildman–Crippen LogP) is -0.890. The van der Waals surface area contributed by atoms with Gasteiger partial charge in [-0.1, -0.05) is 0 Å². The molecule has 2 unspecified atom stereocenters. The molecular weight excluding hydrogens is 196 g/mol. The van der Waals surface area contributed by atoms with Crippen molar-refractivity contribution >= 4 is 5.91 Å². The molecule has 15 heavy (non-hydrogen) atoms. The molecular formula is C10H20N2O3. The molecule has 1 amide bonds. The Morgan fingerprint density at radius 2 is 2.47 bits per heavy atom. The van der Waals surface area contributed by atoms with Crippen LogP contribution in [0.5, 0.6) is 0 Å². The monoisotopic (exact) mass is 216 g/mol. The maximum absolute atomic E-state index is 11.8. The summed E-state index contributed by atoms with van der Waals surface area (Å²) in [6.07, 6.45) is 0.219. The molecule has 0 bridgehead atoms. The van der Waals surface area contributed by atoms with Crippen LogP contribution in [0.3, 0.4) is 0 Å². The standard InChI is InChI=1S/C10H20N2O3/c1-10(3-4-11-7-10)9(14)12-5-8(13)6-15-2/h8,11,13H,3-7H2,1-2H3,(H,12,14). The summed E-state index contributed by atoms with van der Waals surface area (Å²) >= 11 is 0. The van der Waals surface area contributed by atoms with Crippen LogP contribution in [0, 0.1) is 5.41 Å². The van der Waals surface area contributed by atoms with Crippen molar-refractivity contribution in [3.8, 4) is 0 Å². The van der Waals surface area contributed by atoms with Gasteiger partial charge in [0.15, 0.2) is 0 Å². The Kier molecular flexibility index (Phi) is 4.50. The Morgan fingerprint density at radius 1 is 1.73 bits per heavy atom. The third-order valence-electron chi connectivity index (χ3n) is 2.77. The minimum absolute atomic E-state index is 0.00246. The summed E-state index contributed by atoms with van der Waals surface area (Å²) < 4.78 is 4.77. The normalized spacial score (nSPS) is 27.7. The molecule has 1 fully saturated rings. The third-order valence-corrected chi connectivity index (χ3v) is 2.77. The number of aliphatic hydroxyl groups is 1. The van der Waals surface area contributed by atoms with Gasteiger partial charge in [0, 0.05) is 20.2 Å². The van der Waals surface area contributed by atoms with E-state index in [-0.39, 0.29) is 24.5 Å². The highest BCUT2D eigenvalue weighted by Gasteiger charge is 2.36. The van der Waals surface area contributed by atoms with E-state index in [2.05, 4.69) is 10.6 Å². The lowest BCUT2D eigenvalue weighted by atomic mass is 9.89. The largest absolute Gasteiger partial charge is 0.389 e. The number of carbonyl (C=O) groups is 1. The van der Waals surface area contributed by atoms with E-state index in [1.165, 1.54) is 7.11 Å². The van der Waals surface area contributed by atoms with E-state index in [1.54, 1.807) is 0 Å². The lowest BCUT2D eigenvalue weighted by Crippen LogP contribution is -2.44. The van der Waals surface area contributed by atoms with E-state index in [1.807, 2.05) is 6.92 Å². The zero-order chi connectivity index (χ0) is 11.3. The number of carbonyl (C=O) groups excluding carboxylic acids is 1. The molecule has 0 aromatic carbocycles.